The van der Waals surface area contributed by atoms with Crippen LogP contribution in [0.3, 0.4) is 0 Å². The molecule has 0 unspecified atom stereocenters. The number of aryl methyl sites for hydroxylation is 1. The van der Waals surface area contributed by atoms with Crippen molar-refractivity contribution < 1.29 is 0 Å². The summed E-state index contributed by atoms with van der Waals surface area (Å²) in [6.07, 6.45) is 3.74. The third kappa shape index (κ3) is 1.48. The normalized spacial score (nSPS) is 22.8. The predicted molar refractivity (Wildman–Crippen MR) is 51.2 cm³/mol. The van der Waals surface area contributed by atoms with E-state index in [4.69, 9.17) is 0 Å². The summed E-state index contributed by atoms with van der Waals surface area (Å²) in [7, 11) is 0. The van der Waals surface area contributed by atoms with Gasteiger partial charge in [0.05, 0.1) is 0 Å². The van der Waals surface area contributed by atoms with Gasteiger partial charge < -0.3 is 0 Å². The van der Waals surface area contributed by atoms with Gasteiger partial charge in [-0.3, -0.25) is 0 Å². The van der Waals surface area contributed by atoms with E-state index in [2.05, 4.69) is 40.2 Å². The van der Waals surface area contributed by atoms with Crippen LogP contribution in [0, 0.1) is 0 Å². The van der Waals surface area contributed by atoms with Crippen LogP contribution >= 0.6 is 15.9 Å². The molecule has 0 amide bonds. The molecule has 1 heteroatoms. The number of alkyl halides is 1. The van der Waals surface area contributed by atoms with Crippen molar-refractivity contribution in [2.24, 2.45) is 0 Å². The Morgan fingerprint density at radius 2 is 1.91 bits per heavy atom. The van der Waals surface area contributed by atoms with Crippen LogP contribution in [-0.4, -0.2) is 4.83 Å². The van der Waals surface area contributed by atoms with Crippen molar-refractivity contribution in [3.05, 3.63) is 35.4 Å². The highest BCUT2D eigenvalue weighted by atomic mass is 79.9. The summed E-state index contributed by atoms with van der Waals surface area (Å²) in [6.45, 7) is 0. The molecule has 0 heterocycles. The molecule has 1 aromatic carbocycles. The number of rotatable bonds is 0. The van der Waals surface area contributed by atoms with Gasteiger partial charge in [0, 0.05) is 4.83 Å². The Morgan fingerprint density at radius 3 is 2.73 bits per heavy atom. The fraction of sp³-hybridized carbons (Fsp3) is 0.400. The minimum atomic E-state index is 0.706. The lowest BCUT2D eigenvalue weighted by atomic mass is 9.92. The summed E-state index contributed by atoms with van der Waals surface area (Å²) < 4.78 is 0. The maximum absolute atomic E-state index is 3.66. The summed E-state index contributed by atoms with van der Waals surface area (Å²) in [6, 6.07) is 8.74. The van der Waals surface area contributed by atoms with E-state index in [0.717, 1.165) is 0 Å². The molecule has 0 aromatic heterocycles. The predicted octanol–water partition coefficient (Wildman–Crippen LogP) is 2.94. The maximum atomic E-state index is 3.66. The van der Waals surface area contributed by atoms with Gasteiger partial charge in [0.15, 0.2) is 0 Å². The molecule has 0 saturated heterocycles. The lowest BCUT2D eigenvalue weighted by Gasteiger charge is -2.19. The van der Waals surface area contributed by atoms with Gasteiger partial charge in [-0.25, -0.2) is 0 Å². The number of benzene rings is 1. The van der Waals surface area contributed by atoms with E-state index in [1.165, 1.54) is 24.8 Å². The van der Waals surface area contributed by atoms with E-state index < -0.39 is 0 Å². The van der Waals surface area contributed by atoms with Gasteiger partial charge in [-0.05, 0) is 30.4 Å². The molecule has 1 aliphatic carbocycles. The first kappa shape index (κ1) is 7.35. The molecule has 0 bridgehead atoms. The lowest BCUT2D eigenvalue weighted by Crippen LogP contribution is -2.12. The van der Waals surface area contributed by atoms with Crippen molar-refractivity contribution in [2.75, 3.05) is 0 Å². The fourth-order valence-corrected chi connectivity index (χ4v) is 2.23. The zero-order chi connectivity index (χ0) is 7.68. The van der Waals surface area contributed by atoms with Crippen molar-refractivity contribution in [3.8, 4) is 0 Å². The third-order valence-corrected chi connectivity index (χ3v) is 3.07. The molecule has 1 atom stereocenters. The average molecular weight is 211 g/mol. The Morgan fingerprint density at radius 1 is 1.18 bits per heavy atom. The van der Waals surface area contributed by atoms with E-state index in [1.807, 2.05) is 0 Å². The van der Waals surface area contributed by atoms with Crippen molar-refractivity contribution in [1.82, 2.24) is 0 Å². The first-order valence-electron chi connectivity index (χ1n) is 4.07. The molecule has 0 nitrogen and oxygen atoms in total. The maximum Gasteiger partial charge on any atom is 0.0189 e. The smallest absolute Gasteiger partial charge is 0.0189 e. The molecule has 1 aromatic rings. The quantitative estimate of drug-likeness (QED) is 0.579. The molecule has 11 heavy (non-hydrogen) atoms. The summed E-state index contributed by atoms with van der Waals surface area (Å²) in [5, 5.41) is 0. The van der Waals surface area contributed by atoms with Crippen LogP contribution < -0.4 is 0 Å². The molecule has 1 aliphatic rings. The van der Waals surface area contributed by atoms with Crippen LogP contribution in [0.4, 0.5) is 0 Å². The second kappa shape index (κ2) is 2.98. The minimum Gasteiger partial charge on any atom is -0.0887 e. The van der Waals surface area contributed by atoms with Gasteiger partial charge in [0.1, 0.15) is 0 Å². The van der Waals surface area contributed by atoms with Gasteiger partial charge in [-0.1, -0.05) is 40.2 Å². The number of halogens is 1. The largest absolute Gasteiger partial charge is 0.0887 e. The Bertz CT molecular complexity index is 255. The molecule has 0 spiro atoms. The first-order valence-corrected chi connectivity index (χ1v) is 4.98. The van der Waals surface area contributed by atoms with Crippen LogP contribution in [-0.2, 0) is 12.8 Å². The molecule has 0 aliphatic heterocycles. The summed E-state index contributed by atoms with van der Waals surface area (Å²) in [5.41, 5.74) is 3.07. The summed E-state index contributed by atoms with van der Waals surface area (Å²) >= 11 is 3.66. The van der Waals surface area contributed by atoms with Gasteiger partial charge in [-0.2, -0.15) is 0 Å². The minimum absolute atomic E-state index is 0.706. The molecule has 0 saturated carbocycles. The lowest BCUT2D eigenvalue weighted by molar-refractivity contribution is 0.712. The van der Waals surface area contributed by atoms with Crippen molar-refractivity contribution in [2.45, 2.75) is 24.1 Å². The van der Waals surface area contributed by atoms with Crippen molar-refractivity contribution in [1.29, 1.82) is 0 Å². The molecule has 0 N–H and O–H groups in total. The Labute approximate surface area is 75.8 Å². The fourth-order valence-electron chi connectivity index (χ4n) is 1.65. The molecule has 0 fully saturated rings. The van der Waals surface area contributed by atoms with Crippen LogP contribution in [0.2, 0.25) is 0 Å². The molecule has 58 valence electrons. The summed E-state index contributed by atoms with van der Waals surface area (Å²) in [4.78, 5) is 0.706. The highest BCUT2D eigenvalue weighted by Gasteiger charge is 2.14. The van der Waals surface area contributed by atoms with Crippen molar-refractivity contribution >= 4 is 15.9 Å². The second-order valence-electron chi connectivity index (χ2n) is 3.11. The molecular weight excluding hydrogens is 200 g/mol. The van der Waals surface area contributed by atoms with Gasteiger partial charge in [0.2, 0.25) is 0 Å². The highest BCUT2D eigenvalue weighted by molar-refractivity contribution is 9.09. The zero-order valence-corrected chi connectivity index (χ0v) is 7.97. The van der Waals surface area contributed by atoms with E-state index in [9.17, 15) is 0 Å². The Balaban J connectivity index is 2.34. The summed E-state index contributed by atoms with van der Waals surface area (Å²) in [5.74, 6) is 0. The van der Waals surface area contributed by atoms with E-state index in [-0.39, 0.29) is 0 Å². The van der Waals surface area contributed by atoms with Crippen LogP contribution in [0.1, 0.15) is 17.5 Å². The van der Waals surface area contributed by atoms with Gasteiger partial charge in [-0.15, -0.1) is 0 Å². The van der Waals surface area contributed by atoms with Gasteiger partial charge in [0.25, 0.3) is 0 Å². The van der Waals surface area contributed by atoms with E-state index in [0.29, 0.717) is 4.83 Å². The van der Waals surface area contributed by atoms with Crippen LogP contribution in [0.25, 0.3) is 0 Å². The number of fused-ring (bicyclic) bond motifs is 1. The highest BCUT2D eigenvalue weighted by Crippen LogP contribution is 2.24. The average Bonchev–Trinajstić information content (AvgIpc) is 2.04. The number of hydrogen-bond acceptors (Lipinski definition) is 0. The third-order valence-electron chi connectivity index (χ3n) is 2.29. The van der Waals surface area contributed by atoms with Crippen LogP contribution in [0.15, 0.2) is 24.3 Å². The zero-order valence-electron chi connectivity index (χ0n) is 6.39. The topological polar surface area (TPSA) is 0 Å². The Kier molecular flexibility index (Phi) is 1.99. The monoisotopic (exact) mass is 210 g/mol. The second-order valence-corrected chi connectivity index (χ2v) is 4.40. The van der Waals surface area contributed by atoms with E-state index >= 15 is 0 Å². The Hall–Kier alpha value is -0.300. The SMILES string of the molecule is Br[C@H]1CCc2ccccc2C1. The van der Waals surface area contributed by atoms with E-state index in [1.54, 1.807) is 5.56 Å². The van der Waals surface area contributed by atoms with Crippen molar-refractivity contribution in [3.63, 3.8) is 0 Å². The van der Waals surface area contributed by atoms with Gasteiger partial charge >= 0.3 is 0 Å². The molecule has 0 radical (unpaired) electrons. The first-order chi connectivity index (χ1) is 5.36. The molecule has 2 rings (SSSR count). The number of hydrogen-bond donors (Lipinski definition) is 0. The standard InChI is InChI=1S/C10H11Br/c11-10-6-5-8-3-1-2-4-9(8)7-10/h1-4,10H,5-7H2/t10-/m0/s1. The molecular formula is C10H11Br. The van der Waals surface area contributed by atoms with Crippen LogP contribution in [0.5, 0.6) is 0 Å².